The summed E-state index contributed by atoms with van der Waals surface area (Å²) in [7, 11) is 0. The fourth-order valence-corrected chi connectivity index (χ4v) is 4.12. The van der Waals surface area contributed by atoms with Crippen LogP contribution in [0.5, 0.6) is 0 Å². The Labute approximate surface area is 114 Å². The van der Waals surface area contributed by atoms with Gasteiger partial charge < -0.3 is 5.32 Å². The molecule has 18 heavy (non-hydrogen) atoms. The maximum atomic E-state index is 4.05. The van der Waals surface area contributed by atoms with E-state index in [-0.39, 0.29) is 0 Å². The second-order valence-corrected chi connectivity index (χ2v) is 7.28. The minimum Gasteiger partial charge on any atom is -0.311 e. The molecule has 0 heterocycles. The molecule has 0 aromatic heterocycles. The molecule has 2 aliphatic carbocycles. The van der Waals surface area contributed by atoms with Crippen molar-refractivity contribution < 1.29 is 0 Å². The average Bonchev–Trinajstić information content (AvgIpc) is 2.55. The third kappa shape index (κ3) is 3.98. The van der Waals surface area contributed by atoms with E-state index in [1.165, 1.54) is 57.8 Å². The van der Waals surface area contributed by atoms with Crippen molar-refractivity contribution in [2.24, 2.45) is 17.8 Å². The number of hydrogen-bond donors (Lipinski definition) is 1. The van der Waals surface area contributed by atoms with Crippen LogP contribution in [-0.2, 0) is 0 Å². The average molecular weight is 251 g/mol. The van der Waals surface area contributed by atoms with E-state index < -0.39 is 0 Å². The van der Waals surface area contributed by atoms with Crippen molar-refractivity contribution in [2.45, 2.75) is 90.6 Å². The van der Waals surface area contributed by atoms with E-state index in [1.807, 2.05) is 0 Å². The Balaban J connectivity index is 1.86. The molecule has 4 unspecified atom stereocenters. The Morgan fingerprint density at radius 2 is 1.61 bits per heavy atom. The molecule has 1 N–H and O–H groups in total. The highest BCUT2D eigenvalue weighted by atomic mass is 15.0. The summed E-state index contributed by atoms with van der Waals surface area (Å²) in [5, 5.41) is 4.05. The van der Waals surface area contributed by atoms with Gasteiger partial charge in [0.25, 0.3) is 0 Å². The molecule has 2 fully saturated rings. The quantitative estimate of drug-likeness (QED) is 0.713. The molecule has 1 nitrogen and oxygen atoms in total. The van der Waals surface area contributed by atoms with Crippen molar-refractivity contribution in [3.8, 4) is 0 Å². The van der Waals surface area contributed by atoms with Crippen LogP contribution < -0.4 is 5.32 Å². The molecule has 0 bridgehead atoms. The van der Waals surface area contributed by atoms with Gasteiger partial charge in [0.05, 0.1) is 0 Å². The summed E-state index contributed by atoms with van der Waals surface area (Å²) in [6, 6.07) is 1.64. The van der Waals surface area contributed by atoms with Crippen molar-refractivity contribution in [1.82, 2.24) is 5.32 Å². The molecule has 2 aliphatic rings. The van der Waals surface area contributed by atoms with Gasteiger partial charge in [-0.3, -0.25) is 0 Å². The predicted molar refractivity (Wildman–Crippen MR) is 79.8 cm³/mol. The first-order valence-corrected chi connectivity index (χ1v) is 8.43. The molecule has 0 aromatic rings. The predicted octanol–water partition coefficient (Wildman–Crippen LogP) is 4.76. The molecule has 2 rings (SSSR count). The van der Waals surface area contributed by atoms with E-state index in [9.17, 15) is 0 Å². The van der Waals surface area contributed by atoms with Gasteiger partial charge in [-0.1, -0.05) is 46.5 Å². The lowest BCUT2D eigenvalue weighted by Gasteiger charge is -2.37. The molecule has 0 amide bonds. The van der Waals surface area contributed by atoms with Gasteiger partial charge in [-0.15, -0.1) is 0 Å². The first-order valence-electron chi connectivity index (χ1n) is 8.43. The third-order valence-electron chi connectivity index (χ3n) is 5.38. The van der Waals surface area contributed by atoms with Gasteiger partial charge in [0.2, 0.25) is 0 Å². The fourth-order valence-electron chi connectivity index (χ4n) is 4.12. The minimum atomic E-state index is 0.817. The number of hydrogen-bond acceptors (Lipinski definition) is 1. The summed E-state index contributed by atoms with van der Waals surface area (Å²) >= 11 is 0. The maximum absolute atomic E-state index is 4.05. The Kier molecular flexibility index (Phi) is 5.54. The zero-order valence-electron chi connectivity index (χ0n) is 12.8. The highest BCUT2D eigenvalue weighted by Crippen LogP contribution is 2.32. The number of nitrogens with one attached hydrogen (secondary N) is 1. The molecular weight excluding hydrogens is 218 g/mol. The first kappa shape index (κ1) is 14.4. The molecule has 1 heteroatoms. The summed E-state index contributed by atoms with van der Waals surface area (Å²) in [4.78, 5) is 0. The van der Waals surface area contributed by atoms with Crippen LogP contribution in [0.3, 0.4) is 0 Å². The van der Waals surface area contributed by atoms with Crippen molar-refractivity contribution in [3.05, 3.63) is 0 Å². The largest absolute Gasteiger partial charge is 0.311 e. The van der Waals surface area contributed by atoms with Crippen LogP contribution in [0.4, 0.5) is 0 Å². The fraction of sp³-hybridized carbons (Fsp3) is 1.00. The van der Waals surface area contributed by atoms with Crippen molar-refractivity contribution in [2.75, 3.05) is 0 Å². The van der Waals surface area contributed by atoms with Crippen LogP contribution in [-0.4, -0.2) is 12.1 Å². The molecule has 106 valence electrons. The zero-order valence-corrected chi connectivity index (χ0v) is 12.8. The van der Waals surface area contributed by atoms with Gasteiger partial charge in [-0.05, 0) is 49.9 Å². The lowest BCUT2D eigenvalue weighted by atomic mass is 9.77. The van der Waals surface area contributed by atoms with E-state index in [4.69, 9.17) is 0 Å². The van der Waals surface area contributed by atoms with Crippen LogP contribution in [0, 0.1) is 17.8 Å². The van der Waals surface area contributed by atoms with Crippen LogP contribution in [0.15, 0.2) is 0 Å². The van der Waals surface area contributed by atoms with E-state index in [0.29, 0.717) is 0 Å². The lowest BCUT2D eigenvalue weighted by molar-refractivity contribution is 0.187. The van der Waals surface area contributed by atoms with Crippen molar-refractivity contribution in [3.63, 3.8) is 0 Å². The van der Waals surface area contributed by atoms with E-state index in [2.05, 4.69) is 26.1 Å². The lowest BCUT2D eigenvalue weighted by Crippen LogP contribution is -2.45. The van der Waals surface area contributed by atoms with Gasteiger partial charge in [0.1, 0.15) is 0 Å². The SMILES string of the molecule is CC1CCCC(NC2CCCCC2C(C)C)CC1. The van der Waals surface area contributed by atoms with Gasteiger partial charge in [0, 0.05) is 12.1 Å². The van der Waals surface area contributed by atoms with E-state index in [1.54, 1.807) is 0 Å². The van der Waals surface area contributed by atoms with E-state index in [0.717, 1.165) is 29.8 Å². The third-order valence-corrected chi connectivity index (χ3v) is 5.38. The topological polar surface area (TPSA) is 12.0 Å². The molecule has 0 spiro atoms. The Morgan fingerprint density at radius 3 is 2.39 bits per heavy atom. The van der Waals surface area contributed by atoms with Crippen molar-refractivity contribution in [1.29, 1.82) is 0 Å². The normalized spacial score (nSPS) is 38.7. The Morgan fingerprint density at radius 1 is 0.833 bits per heavy atom. The van der Waals surface area contributed by atoms with Crippen LogP contribution in [0.25, 0.3) is 0 Å². The van der Waals surface area contributed by atoms with Crippen LogP contribution in [0.2, 0.25) is 0 Å². The van der Waals surface area contributed by atoms with Crippen LogP contribution in [0.1, 0.15) is 78.6 Å². The van der Waals surface area contributed by atoms with Gasteiger partial charge in [-0.2, -0.15) is 0 Å². The molecule has 0 saturated heterocycles. The zero-order chi connectivity index (χ0) is 13.0. The summed E-state index contributed by atoms with van der Waals surface area (Å²) in [5.41, 5.74) is 0. The van der Waals surface area contributed by atoms with Gasteiger partial charge in [0.15, 0.2) is 0 Å². The molecule has 0 radical (unpaired) electrons. The number of rotatable bonds is 3. The molecule has 0 aliphatic heterocycles. The summed E-state index contributed by atoms with van der Waals surface area (Å²) in [5.74, 6) is 2.75. The first-order chi connectivity index (χ1) is 8.66. The maximum Gasteiger partial charge on any atom is 0.0100 e. The monoisotopic (exact) mass is 251 g/mol. The summed E-state index contributed by atoms with van der Waals surface area (Å²) in [6.45, 7) is 7.26. The standard InChI is InChI=1S/C17H33N/c1-13(2)16-9-4-5-10-17(16)18-15-8-6-7-14(3)11-12-15/h13-18H,4-12H2,1-3H3. The molecule has 2 saturated carbocycles. The summed E-state index contributed by atoms with van der Waals surface area (Å²) in [6.07, 6.45) is 13.0. The molecular formula is C17H33N. The molecule has 4 atom stereocenters. The Bertz CT molecular complexity index is 236. The highest BCUT2D eigenvalue weighted by molar-refractivity contribution is 4.86. The highest BCUT2D eigenvalue weighted by Gasteiger charge is 2.29. The summed E-state index contributed by atoms with van der Waals surface area (Å²) < 4.78 is 0. The molecule has 0 aromatic carbocycles. The second-order valence-electron chi connectivity index (χ2n) is 7.28. The Hall–Kier alpha value is -0.0400. The van der Waals surface area contributed by atoms with E-state index >= 15 is 0 Å². The smallest absolute Gasteiger partial charge is 0.0100 e. The minimum absolute atomic E-state index is 0.817. The second kappa shape index (κ2) is 6.93. The van der Waals surface area contributed by atoms with Gasteiger partial charge in [-0.25, -0.2) is 0 Å². The van der Waals surface area contributed by atoms with Crippen LogP contribution >= 0.6 is 0 Å². The van der Waals surface area contributed by atoms with Crippen molar-refractivity contribution >= 4 is 0 Å². The van der Waals surface area contributed by atoms with Gasteiger partial charge >= 0.3 is 0 Å².